The molecule has 3 N–H and O–H groups in total. The van der Waals surface area contributed by atoms with Gasteiger partial charge < -0.3 is 11.1 Å². The quantitative estimate of drug-likeness (QED) is 0.825. The highest BCUT2D eigenvalue weighted by atomic mass is 19.4. The van der Waals surface area contributed by atoms with Crippen LogP contribution >= 0.6 is 0 Å². The van der Waals surface area contributed by atoms with Gasteiger partial charge in [0.1, 0.15) is 5.82 Å². The zero-order chi connectivity index (χ0) is 14.8. The Morgan fingerprint density at radius 1 is 1.26 bits per heavy atom. The molecule has 1 aromatic carbocycles. The predicted molar refractivity (Wildman–Crippen MR) is 67.3 cm³/mol. The summed E-state index contributed by atoms with van der Waals surface area (Å²) in [5.74, 6) is -0.839. The summed E-state index contributed by atoms with van der Waals surface area (Å²) in [6.07, 6.45) is -4.55. The molecule has 1 unspecified atom stereocenters. The molecule has 108 valence electrons. The first-order valence-corrected chi connectivity index (χ1v) is 5.95. The lowest BCUT2D eigenvalue weighted by Gasteiger charge is -2.34. The first kappa shape index (κ1) is 15.8. The second-order valence-corrected chi connectivity index (χ2v) is 5.09. The fourth-order valence-electron chi connectivity index (χ4n) is 1.53. The zero-order valence-electron chi connectivity index (χ0n) is 11.1. The van der Waals surface area contributed by atoms with Crippen LogP contribution in [-0.4, -0.2) is 12.1 Å². The summed E-state index contributed by atoms with van der Waals surface area (Å²) in [5.41, 5.74) is 4.08. The molecule has 2 nitrogen and oxygen atoms in total. The summed E-state index contributed by atoms with van der Waals surface area (Å²) in [6, 6.07) is 2.43. The molecule has 1 atom stereocenters. The van der Waals surface area contributed by atoms with Crippen LogP contribution in [0.4, 0.5) is 23.2 Å². The Hall–Kier alpha value is -1.30. The average Bonchev–Trinajstić information content (AvgIpc) is 2.30. The van der Waals surface area contributed by atoms with Crippen molar-refractivity contribution in [1.82, 2.24) is 0 Å². The predicted octanol–water partition coefficient (Wildman–Crippen LogP) is 3.63. The maximum atomic E-state index is 13.7. The second kappa shape index (κ2) is 5.36. The standard InChI is InChI=1S/C13H18F4N2/c1-8(2)12(3,7-18)19-11-5-4-9(6-10(11)14)13(15,16)17/h4-6,8,19H,7,18H2,1-3H3. The Morgan fingerprint density at radius 3 is 2.21 bits per heavy atom. The molecule has 0 aliphatic rings. The van der Waals surface area contributed by atoms with Crippen molar-refractivity contribution >= 4 is 5.69 Å². The fourth-order valence-corrected chi connectivity index (χ4v) is 1.53. The van der Waals surface area contributed by atoms with Crippen molar-refractivity contribution in [3.63, 3.8) is 0 Å². The van der Waals surface area contributed by atoms with E-state index in [1.807, 2.05) is 13.8 Å². The van der Waals surface area contributed by atoms with Crippen molar-refractivity contribution in [1.29, 1.82) is 0 Å². The highest BCUT2D eigenvalue weighted by Crippen LogP contribution is 2.32. The average molecular weight is 278 g/mol. The van der Waals surface area contributed by atoms with Gasteiger partial charge in [0.15, 0.2) is 0 Å². The molecular formula is C13H18F4N2. The van der Waals surface area contributed by atoms with Gasteiger partial charge in [0.25, 0.3) is 0 Å². The minimum Gasteiger partial charge on any atom is -0.376 e. The Morgan fingerprint density at radius 2 is 1.84 bits per heavy atom. The fraction of sp³-hybridized carbons (Fsp3) is 0.538. The van der Waals surface area contributed by atoms with Crippen molar-refractivity contribution in [2.75, 3.05) is 11.9 Å². The van der Waals surface area contributed by atoms with Gasteiger partial charge >= 0.3 is 6.18 Å². The van der Waals surface area contributed by atoms with Crippen LogP contribution in [-0.2, 0) is 6.18 Å². The molecule has 6 heteroatoms. The highest BCUT2D eigenvalue weighted by Gasteiger charge is 2.32. The lowest BCUT2D eigenvalue weighted by molar-refractivity contribution is -0.137. The van der Waals surface area contributed by atoms with Crippen LogP contribution in [0.2, 0.25) is 0 Å². The van der Waals surface area contributed by atoms with Crippen LogP contribution in [0.25, 0.3) is 0 Å². The second-order valence-electron chi connectivity index (χ2n) is 5.09. The number of anilines is 1. The molecule has 0 aromatic heterocycles. The van der Waals surface area contributed by atoms with Crippen LogP contribution in [0.15, 0.2) is 18.2 Å². The molecule has 0 saturated heterocycles. The van der Waals surface area contributed by atoms with Gasteiger partial charge in [-0.25, -0.2) is 4.39 Å². The maximum Gasteiger partial charge on any atom is 0.416 e. The SMILES string of the molecule is CC(C)C(C)(CN)Nc1ccc(C(F)(F)F)cc1F. The van der Waals surface area contributed by atoms with E-state index in [1.54, 1.807) is 6.92 Å². The van der Waals surface area contributed by atoms with Crippen LogP contribution in [0.3, 0.4) is 0 Å². The summed E-state index contributed by atoms with van der Waals surface area (Å²) in [7, 11) is 0. The normalized spacial score (nSPS) is 15.4. The van der Waals surface area contributed by atoms with Crippen LogP contribution in [0.1, 0.15) is 26.3 Å². The lowest BCUT2D eigenvalue weighted by atomic mass is 9.88. The van der Waals surface area contributed by atoms with Gasteiger partial charge in [0.2, 0.25) is 0 Å². The Balaban J connectivity index is 3.04. The van der Waals surface area contributed by atoms with Gasteiger partial charge in [0, 0.05) is 12.1 Å². The van der Waals surface area contributed by atoms with Crippen LogP contribution in [0.5, 0.6) is 0 Å². The van der Waals surface area contributed by atoms with Crippen molar-refractivity contribution in [2.24, 2.45) is 11.7 Å². The Kier molecular flexibility index (Phi) is 4.45. The van der Waals surface area contributed by atoms with Gasteiger partial charge in [-0.2, -0.15) is 13.2 Å². The van der Waals surface area contributed by atoms with Crippen molar-refractivity contribution in [2.45, 2.75) is 32.5 Å². The van der Waals surface area contributed by atoms with E-state index in [1.165, 1.54) is 0 Å². The third kappa shape index (κ3) is 3.59. The minimum atomic E-state index is -4.55. The first-order valence-electron chi connectivity index (χ1n) is 5.95. The topological polar surface area (TPSA) is 38.0 Å². The summed E-state index contributed by atoms with van der Waals surface area (Å²) < 4.78 is 51.0. The summed E-state index contributed by atoms with van der Waals surface area (Å²) in [4.78, 5) is 0. The van der Waals surface area contributed by atoms with Crippen LogP contribution in [0, 0.1) is 11.7 Å². The summed E-state index contributed by atoms with van der Waals surface area (Å²) in [5, 5.41) is 2.88. The smallest absolute Gasteiger partial charge is 0.376 e. The molecule has 0 saturated carbocycles. The number of benzene rings is 1. The van der Waals surface area contributed by atoms with E-state index in [9.17, 15) is 17.6 Å². The van der Waals surface area contributed by atoms with E-state index < -0.39 is 23.1 Å². The van der Waals surface area contributed by atoms with E-state index in [2.05, 4.69) is 5.32 Å². The van der Waals surface area contributed by atoms with Gasteiger partial charge in [-0.1, -0.05) is 13.8 Å². The molecule has 0 amide bonds. The Labute approximate surface area is 110 Å². The van der Waals surface area contributed by atoms with Crippen molar-refractivity contribution < 1.29 is 17.6 Å². The molecular weight excluding hydrogens is 260 g/mol. The molecule has 0 aliphatic carbocycles. The molecule has 19 heavy (non-hydrogen) atoms. The van der Waals surface area contributed by atoms with Gasteiger partial charge in [-0.3, -0.25) is 0 Å². The molecule has 1 aromatic rings. The van der Waals surface area contributed by atoms with E-state index >= 15 is 0 Å². The van der Waals surface area contributed by atoms with Gasteiger partial charge in [-0.05, 0) is 31.0 Å². The molecule has 0 spiro atoms. The number of hydrogen-bond acceptors (Lipinski definition) is 2. The van der Waals surface area contributed by atoms with E-state index in [0.29, 0.717) is 6.07 Å². The van der Waals surface area contributed by atoms with Crippen molar-refractivity contribution in [3.8, 4) is 0 Å². The third-order valence-corrected chi connectivity index (χ3v) is 3.41. The molecule has 1 rings (SSSR count). The number of nitrogens with one attached hydrogen (secondary N) is 1. The third-order valence-electron chi connectivity index (χ3n) is 3.41. The van der Waals surface area contributed by atoms with E-state index in [-0.39, 0.29) is 18.2 Å². The monoisotopic (exact) mass is 278 g/mol. The summed E-state index contributed by atoms with van der Waals surface area (Å²) in [6.45, 7) is 5.85. The number of nitrogens with two attached hydrogens (primary N) is 1. The van der Waals surface area contributed by atoms with E-state index in [0.717, 1.165) is 12.1 Å². The highest BCUT2D eigenvalue weighted by molar-refractivity contribution is 5.49. The maximum absolute atomic E-state index is 13.7. The molecule has 0 bridgehead atoms. The largest absolute Gasteiger partial charge is 0.416 e. The zero-order valence-corrected chi connectivity index (χ0v) is 11.1. The first-order chi connectivity index (χ1) is 8.60. The lowest BCUT2D eigenvalue weighted by Crippen LogP contribution is -2.47. The number of hydrogen-bond donors (Lipinski definition) is 2. The molecule has 0 aliphatic heterocycles. The molecule has 0 radical (unpaired) electrons. The van der Waals surface area contributed by atoms with Gasteiger partial charge in [0.05, 0.1) is 11.3 Å². The van der Waals surface area contributed by atoms with Crippen LogP contribution < -0.4 is 11.1 Å². The Bertz CT molecular complexity index is 443. The number of alkyl halides is 3. The number of halogens is 4. The van der Waals surface area contributed by atoms with Gasteiger partial charge in [-0.15, -0.1) is 0 Å². The molecule has 0 fully saturated rings. The van der Waals surface area contributed by atoms with E-state index in [4.69, 9.17) is 5.73 Å². The summed E-state index contributed by atoms with van der Waals surface area (Å²) >= 11 is 0. The number of rotatable bonds is 4. The molecule has 0 heterocycles. The van der Waals surface area contributed by atoms with Crippen molar-refractivity contribution in [3.05, 3.63) is 29.6 Å². The minimum absolute atomic E-state index is 0.0228.